The first-order valence-electron chi connectivity index (χ1n) is 7.05. The molecule has 1 N–H and O–H groups in total. The molecule has 0 unspecified atom stereocenters. The third kappa shape index (κ3) is 2.92. The molecule has 0 spiro atoms. The third-order valence-corrected chi connectivity index (χ3v) is 3.47. The molecule has 2 aromatic heterocycles. The van der Waals surface area contributed by atoms with E-state index in [-0.39, 0.29) is 17.1 Å². The highest BCUT2D eigenvalue weighted by Crippen LogP contribution is 2.34. The van der Waals surface area contributed by atoms with E-state index in [2.05, 4.69) is 15.4 Å². The summed E-state index contributed by atoms with van der Waals surface area (Å²) in [5, 5.41) is 18.0. The maximum atomic E-state index is 12.6. The Hall–Kier alpha value is -3.69. The van der Waals surface area contributed by atoms with E-state index in [0.717, 1.165) is 6.07 Å². The van der Waals surface area contributed by atoms with Crippen molar-refractivity contribution in [3.05, 3.63) is 52.3 Å². The van der Waals surface area contributed by atoms with Crippen LogP contribution in [0.1, 0.15) is 10.4 Å². The fourth-order valence-corrected chi connectivity index (χ4v) is 2.31. The molecule has 10 nitrogen and oxygen atoms in total. The molecule has 0 saturated heterocycles. The van der Waals surface area contributed by atoms with Gasteiger partial charge < -0.3 is 14.8 Å². The van der Waals surface area contributed by atoms with Crippen molar-refractivity contribution in [1.82, 2.24) is 14.6 Å². The van der Waals surface area contributed by atoms with Crippen LogP contribution in [0.25, 0.3) is 5.65 Å². The van der Waals surface area contributed by atoms with Crippen LogP contribution in [0.15, 0.2) is 36.7 Å². The van der Waals surface area contributed by atoms with Gasteiger partial charge in [0.05, 0.1) is 31.4 Å². The van der Waals surface area contributed by atoms with E-state index in [0.29, 0.717) is 11.5 Å². The topological polar surface area (TPSA) is 121 Å². The molecule has 0 radical (unpaired) electrons. The van der Waals surface area contributed by atoms with Gasteiger partial charge in [0.1, 0.15) is 11.4 Å². The molecule has 3 rings (SSSR count). The summed E-state index contributed by atoms with van der Waals surface area (Å²) in [6, 6.07) is 5.59. The van der Waals surface area contributed by atoms with E-state index in [4.69, 9.17) is 9.47 Å². The molecule has 0 atom stereocenters. The summed E-state index contributed by atoms with van der Waals surface area (Å²) in [7, 11) is 2.73. The van der Waals surface area contributed by atoms with Gasteiger partial charge in [-0.25, -0.2) is 4.98 Å². The van der Waals surface area contributed by atoms with Crippen molar-refractivity contribution in [2.75, 3.05) is 19.5 Å². The van der Waals surface area contributed by atoms with Crippen LogP contribution in [0, 0.1) is 10.1 Å². The highest BCUT2D eigenvalue weighted by molar-refractivity contribution is 6.07. The normalized spacial score (nSPS) is 10.5. The van der Waals surface area contributed by atoms with Gasteiger partial charge in [0, 0.05) is 18.3 Å². The Labute approximate surface area is 141 Å². The molecule has 0 saturated carbocycles. The summed E-state index contributed by atoms with van der Waals surface area (Å²) in [6.07, 6.45) is 3.02. The summed E-state index contributed by atoms with van der Waals surface area (Å²) in [4.78, 5) is 27.3. The Morgan fingerprint density at radius 2 is 1.92 bits per heavy atom. The maximum absolute atomic E-state index is 12.6. The Balaban J connectivity index is 2.04. The van der Waals surface area contributed by atoms with E-state index >= 15 is 0 Å². The smallest absolute Gasteiger partial charge is 0.286 e. The number of aromatic nitrogens is 3. The van der Waals surface area contributed by atoms with Crippen LogP contribution in [0.4, 0.5) is 11.5 Å². The Kier molecular flexibility index (Phi) is 4.16. The third-order valence-electron chi connectivity index (χ3n) is 3.47. The van der Waals surface area contributed by atoms with Crippen LogP contribution in [0.5, 0.6) is 11.5 Å². The number of hydrogen-bond donors (Lipinski definition) is 1. The largest absolute Gasteiger partial charge is 0.493 e. The molecule has 3 aromatic rings. The van der Waals surface area contributed by atoms with Crippen molar-refractivity contribution in [3.8, 4) is 11.5 Å². The van der Waals surface area contributed by atoms with E-state index in [1.54, 1.807) is 6.07 Å². The standard InChI is InChI=1S/C15H13N5O5/c1-24-11-7-9(10(20(22)23)8-12(11)25-2)15(21)18-14-3-5-16-13-4-6-17-19(13)14/h3-8H,1-2H3,(H,18,21). The van der Waals surface area contributed by atoms with E-state index in [1.165, 1.54) is 43.3 Å². The van der Waals surface area contributed by atoms with Gasteiger partial charge in [0.15, 0.2) is 17.1 Å². The second-order valence-corrected chi connectivity index (χ2v) is 4.87. The summed E-state index contributed by atoms with van der Waals surface area (Å²) >= 11 is 0. The molecule has 0 aliphatic heterocycles. The minimum atomic E-state index is -0.685. The van der Waals surface area contributed by atoms with Crippen molar-refractivity contribution >= 4 is 23.1 Å². The number of nitrogens with zero attached hydrogens (tertiary/aromatic N) is 4. The quantitative estimate of drug-likeness (QED) is 0.555. The van der Waals surface area contributed by atoms with Crippen LogP contribution in [-0.4, -0.2) is 39.6 Å². The number of rotatable bonds is 5. The number of nitro groups is 1. The summed E-state index contributed by atoms with van der Waals surface area (Å²) < 4.78 is 11.6. The number of carbonyl (C=O) groups excluding carboxylic acids is 1. The second-order valence-electron chi connectivity index (χ2n) is 4.87. The van der Waals surface area contributed by atoms with Gasteiger partial charge in [-0.3, -0.25) is 14.9 Å². The number of nitrogens with one attached hydrogen (secondary N) is 1. The molecule has 1 aromatic carbocycles. The average molecular weight is 343 g/mol. The number of carbonyl (C=O) groups is 1. The number of benzene rings is 1. The lowest BCUT2D eigenvalue weighted by molar-refractivity contribution is -0.385. The fourth-order valence-electron chi connectivity index (χ4n) is 2.31. The number of ether oxygens (including phenoxy) is 2. The lowest BCUT2D eigenvalue weighted by atomic mass is 10.1. The molecule has 0 bridgehead atoms. The van der Waals surface area contributed by atoms with Crippen LogP contribution < -0.4 is 14.8 Å². The van der Waals surface area contributed by atoms with Gasteiger partial charge in [0.25, 0.3) is 11.6 Å². The zero-order valence-corrected chi connectivity index (χ0v) is 13.3. The molecular weight excluding hydrogens is 330 g/mol. The SMILES string of the molecule is COc1cc(C(=O)Nc2ccnc3ccnn23)c([N+](=O)[O-])cc1OC. The lowest BCUT2D eigenvalue weighted by Gasteiger charge is -2.11. The Bertz CT molecular complexity index is 968. The molecule has 0 aliphatic rings. The predicted octanol–water partition coefficient (Wildman–Crippen LogP) is 1.91. The molecule has 10 heteroatoms. The van der Waals surface area contributed by atoms with Crippen molar-refractivity contribution in [2.45, 2.75) is 0 Å². The average Bonchev–Trinajstić information content (AvgIpc) is 3.10. The second kappa shape index (κ2) is 6.43. The zero-order chi connectivity index (χ0) is 18.0. The fraction of sp³-hybridized carbons (Fsp3) is 0.133. The molecule has 2 heterocycles. The number of amides is 1. The van der Waals surface area contributed by atoms with E-state index < -0.39 is 16.5 Å². The lowest BCUT2D eigenvalue weighted by Crippen LogP contribution is -2.17. The Morgan fingerprint density at radius 3 is 2.60 bits per heavy atom. The maximum Gasteiger partial charge on any atom is 0.286 e. The van der Waals surface area contributed by atoms with Crippen LogP contribution in [0.2, 0.25) is 0 Å². The summed E-state index contributed by atoms with van der Waals surface area (Å²) in [5.74, 6) is 0.000998. The predicted molar refractivity (Wildman–Crippen MR) is 87.1 cm³/mol. The first-order chi connectivity index (χ1) is 12.0. The van der Waals surface area contributed by atoms with Crippen molar-refractivity contribution < 1.29 is 19.2 Å². The Morgan fingerprint density at radius 1 is 1.20 bits per heavy atom. The van der Waals surface area contributed by atoms with Crippen LogP contribution in [0.3, 0.4) is 0 Å². The minimum Gasteiger partial charge on any atom is -0.493 e. The number of hydrogen-bond acceptors (Lipinski definition) is 7. The molecule has 128 valence electrons. The molecule has 1 amide bonds. The number of anilines is 1. The van der Waals surface area contributed by atoms with E-state index in [1.807, 2.05) is 0 Å². The molecule has 0 aliphatic carbocycles. The van der Waals surface area contributed by atoms with Gasteiger partial charge >= 0.3 is 0 Å². The molecular formula is C15H13N5O5. The highest BCUT2D eigenvalue weighted by Gasteiger charge is 2.25. The minimum absolute atomic E-state index is 0.157. The van der Waals surface area contributed by atoms with Crippen LogP contribution in [-0.2, 0) is 0 Å². The number of methoxy groups -OCH3 is 2. The van der Waals surface area contributed by atoms with Gasteiger partial charge in [-0.15, -0.1) is 0 Å². The first kappa shape index (κ1) is 16.2. The van der Waals surface area contributed by atoms with Gasteiger partial charge in [0.2, 0.25) is 0 Å². The molecule has 25 heavy (non-hydrogen) atoms. The van der Waals surface area contributed by atoms with Gasteiger partial charge in [-0.2, -0.15) is 9.61 Å². The van der Waals surface area contributed by atoms with Gasteiger partial charge in [-0.05, 0) is 6.07 Å². The number of nitro benzene ring substituents is 1. The first-order valence-corrected chi connectivity index (χ1v) is 7.05. The number of fused-ring (bicyclic) bond motifs is 1. The summed E-state index contributed by atoms with van der Waals surface area (Å²) in [6.45, 7) is 0. The van der Waals surface area contributed by atoms with Crippen molar-refractivity contribution in [1.29, 1.82) is 0 Å². The molecule has 0 fully saturated rings. The highest BCUT2D eigenvalue weighted by atomic mass is 16.6. The monoisotopic (exact) mass is 343 g/mol. The van der Waals surface area contributed by atoms with E-state index in [9.17, 15) is 14.9 Å². The van der Waals surface area contributed by atoms with Crippen LogP contribution >= 0.6 is 0 Å². The van der Waals surface area contributed by atoms with Crippen molar-refractivity contribution in [3.63, 3.8) is 0 Å². The summed E-state index contributed by atoms with van der Waals surface area (Å²) in [5.41, 5.74) is -0.0414. The van der Waals surface area contributed by atoms with Crippen molar-refractivity contribution in [2.24, 2.45) is 0 Å². The van der Waals surface area contributed by atoms with Gasteiger partial charge in [-0.1, -0.05) is 0 Å². The zero-order valence-electron chi connectivity index (χ0n) is 13.3.